The molecule has 1 amide bonds. The summed E-state index contributed by atoms with van der Waals surface area (Å²) < 4.78 is 8.03. The number of benzene rings is 2. The number of ether oxygens (including phenoxy) is 1. The largest absolute Gasteiger partial charge is 0.483 e. The van der Waals surface area contributed by atoms with Gasteiger partial charge in [0.2, 0.25) is 5.91 Å². The molecule has 2 aromatic carbocycles. The molecule has 1 atom stereocenters. The molecule has 0 aliphatic rings. The highest BCUT2D eigenvalue weighted by Gasteiger charge is 2.20. The first-order chi connectivity index (χ1) is 15.3. The van der Waals surface area contributed by atoms with Gasteiger partial charge in [-0.2, -0.15) is 0 Å². The van der Waals surface area contributed by atoms with E-state index in [-0.39, 0.29) is 17.8 Å². The molecular formula is C23H26Cl2N4O2S. The Bertz CT molecular complexity index is 1050. The van der Waals surface area contributed by atoms with Gasteiger partial charge in [-0.1, -0.05) is 67.0 Å². The van der Waals surface area contributed by atoms with Crippen LogP contribution in [0.25, 0.3) is 0 Å². The minimum atomic E-state index is -0.294. The average molecular weight is 493 g/mol. The summed E-state index contributed by atoms with van der Waals surface area (Å²) in [5.74, 6) is 1.86. The van der Waals surface area contributed by atoms with Gasteiger partial charge in [-0.25, -0.2) is 0 Å². The summed E-state index contributed by atoms with van der Waals surface area (Å²) in [6.07, 6.45) is -0.294. The maximum atomic E-state index is 12.4. The molecule has 0 aliphatic heterocycles. The van der Waals surface area contributed by atoms with E-state index >= 15 is 0 Å². The zero-order valence-electron chi connectivity index (χ0n) is 18.4. The Morgan fingerprint density at radius 1 is 1.09 bits per heavy atom. The Morgan fingerprint density at radius 2 is 1.75 bits per heavy atom. The van der Waals surface area contributed by atoms with Crippen LogP contribution in [0.5, 0.6) is 5.75 Å². The third-order valence-corrected chi connectivity index (χ3v) is 6.44. The van der Waals surface area contributed by atoms with Gasteiger partial charge in [0, 0.05) is 6.54 Å². The first-order valence-electron chi connectivity index (χ1n) is 10.4. The van der Waals surface area contributed by atoms with Crippen molar-refractivity contribution < 1.29 is 9.53 Å². The fourth-order valence-electron chi connectivity index (χ4n) is 3.12. The zero-order valence-corrected chi connectivity index (χ0v) is 20.8. The van der Waals surface area contributed by atoms with Crippen molar-refractivity contribution in [3.63, 3.8) is 0 Å². The average Bonchev–Trinajstić information content (AvgIpc) is 3.18. The van der Waals surface area contributed by atoms with Gasteiger partial charge >= 0.3 is 0 Å². The van der Waals surface area contributed by atoms with Crippen molar-refractivity contribution in [3.05, 3.63) is 63.9 Å². The lowest BCUT2D eigenvalue weighted by molar-refractivity contribution is -0.113. The first kappa shape index (κ1) is 24.4. The summed E-state index contributed by atoms with van der Waals surface area (Å²) in [5.41, 5.74) is 1.67. The van der Waals surface area contributed by atoms with Crippen LogP contribution in [0.2, 0.25) is 10.0 Å². The van der Waals surface area contributed by atoms with Gasteiger partial charge in [-0.05, 0) is 49.6 Å². The molecule has 1 N–H and O–H groups in total. The molecule has 3 rings (SSSR count). The van der Waals surface area contributed by atoms with E-state index in [4.69, 9.17) is 27.9 Å². The van der Waals surface area contributed by atoms with Crippen LogP contribution >= 0.6 is 35.0 Å². The van der Waals surface area contributed by atoms with Gasteiger partial charge in [0.15, 0.2) is 17.1 Å². The number of nitrogens with zero attached hydrogens (tertiary/aromatic N) is 3. The predicted octanol–water partition coefficient (Wildman–Crippen LogP) is 6.60. The first-order valence-corrected chi connectivity index (χ1v) is 12.1. The van der Waals surface area contributed by atoms with E-state index in [0.29, 0.717) is 39.2 Å². The molecule has 170 valence electrons. The van der Waals surface area contributed by atoms with Crippen molar-refractivity contribution in [1.82, 2.24) is 14.8 Å². The van der Waals surface area contributed by atoms with Crippen molar-refractivity contribution in [2.45, 2.75) is 51.4 Å². The van der Waals surface area contributed by atoms with Crippen molar-refractivity contribution in [2.75, 3.05) is 11.1 Å². The van der Waals surface area contributed by atoms with Crippen LogP contribution in [-0.4, -0.2) is 26.4 Å². The molecule has 0 saturated carbocycles. The number of anilines is 1. The molecule has 6 nitrogen and oxygen atoms in total. The summed E-state index contributed by atoms with van der Waals surface area (Å²) in [6.45, 7) is 8.91. The SMILES string of the molecule is CCn1c(SCC(=O)Nc2c(Cl)cccc2Cl)nnc1C(C)Oc1ccc(C(C)C)cc1. The normalized spacial score (nSPS) is 12.1. The maximum Gasteiger partial charge on any atom is 0.234 e. The molecule has 3 aromatic rings. The third kappa shape index (κ3) is 5.97. The monoisotopic (exact) mass is 492 g/mol. The number of carbonyl (C=O) groups is 1. The second-order valence-corrected chi connectivity index (χ2v) is 9.26. The molecular weight excluding hydrogens is 467 g/mol. The lowest BCUT2D eigenvalue weighted by atomic mass is 10.0. The van der Waals surface area contributed by atoms with Crippen molar-refractivity contribution in [2.24, 2.45) is 0 Å². The molecule has 0 saturated heterocycles. The third-order valence-electron chi connectivity index (χ3n) is 4.84. The van der Waals surface area contributed by atoms with Crippen LogP contribution in [0, 0.1) is 0 Å². The van der Waals surface area contributed by atoms with Crippen molar-refractivity contribution >= 4 is 46.6 Å². The summed E-state index contributed by atoms with van der Waals surface area (Å²) >= 11 is 13.5. The molecule has 0 spiro atoms. The highest BCUT2D eigenvalue weighted by Crippen LogP contribution is 2.30. The highest BCUT2D eigenvalue weighted by molar-refractivity contribution is 7.99. The second-order valence-electron chi connectivity index (χ2n) is 7.50. The Balaban J connectivity index is 1.64. The van der Waals surface area contributed by atoms with Crippen molar-refractivity contribution in [1.29, 1.82) is 0 Å². The molecule has 9 heteroatoms. The van der Waals surface area contributed by atoms with Gasteiger partial charge in [0.1, 0.15) is 5.75 Å². The van der Waals surface area contributed by atoms with Gasteiger partial charge < -0.3 is 14.6 Å². The lowest BCUT2D eigenvalue weighted by Crippen LogP contribution is -2.16. The molecule has 32 heavy (non-hydrogen) atoms. The number of rotatable bonds is 9. The summed E-state index contributed by atoms with van der Waals surface area (Å²) in [6, 6.07) is 13.2. The van der Waals surface area contributed by atoms with E-state index in [1.807, 2.05) is 30.5 Å². The molecule has 0 bridgehead atoms. The number of thioether (sulfide) groups is 1. The van der Waals surface area contributed by atoms with Crippen LogP contribution in [0.1, 0.15) is 51.1 Å². The number of amides is 1. The van der Waals surface area contributed by atoms with Crippen LogP contribution in [0.4, 0.5) is 5.69 Å². The Morgan fingerprint density at radius 3 is 2.34 bits per heavy atom. The zero-order chi connectivity index (χ0) is 23.3. The predicted molar refractivity (Wildman–Crippen MR) is 131 cm³/mol. The van der Waals surface area contributed by atoms with Gasteiger partial charge in [0.25, 0.3) is 0 Å². The molecule has 1 aromatic heterocycles. The second kappa shape index (κ2) is 11.1. The van der Waals surface area contributed by atoms with E-state index in [0.717, 1.165) is 5.75 Å². The van der Waals surface area contributed by atoms with Gasteiger partial charge in [-0.3, -0.25) is 4.79 Å². The van der Waals surface area contributed by atoms with Crippen LogP contribution in [0.15, 0.2) is 47.6 Å². The Labute approximate surface area is 202 Å². The van der Waals surface area contributed by atoms with E-state index < -0.39 is 0 Å². The molecule has 0 fully saturated rings. The quantitative estimate of drug-likeness (QED) is 0.340. The standard InChI is InChI=1S/C23H26Cl2N4O2S/c1-5-29-22(15(4)31-17-11-9-16(10-12-17)14(2)3)27-28-23(29)32-13-20(30)26-21-18(24)7-6-8-19(21)25/h6-12,14-15H,5,13H2,1-4H3,(H,26,30). The summed E-state index contributed by atoms with van der Waals surface area (Å²) in [5, 5.41) is 12.8. The minimum Gasteiger partial charge on any atom is -0.483 e. The Kier molecular flexibility index (Phi) is 8.45. The number of para-hydroxylation sites is 1. The van der Waals surface area contributed by atoms with Crippen molar-refractivity contribution in [3.8, 4) is 5.75 Å². The number of aromatic nitrogens is 3. The minimum absolute atomic E-state index is 0.144. The van der Waals surface area contributed by atoms with Crippen LogP contribution in [0.3, 0.4) is 0 Å². The van der Waals surface area contributed by atoms with E-state index in [9.17, 15) is 4.79 Å². The highest BCUT2D eigenvalue weighted by atomic mass is 35.5. The fraction of sp³-hybridized carbons (Fsp3) is 0.348. The number of hydrogen-bond acceptors (Lipinski definition) is 5. The molecule has 0 radical (unpaired) electrons. The number of halogens is 2. The lowest BCUT2D eigenvalue weighted by Gasteiger charge is -2.16. The van der Waals surface area contributed by atoms with Crippen LogP contribution < -0.4 is 10.1 Å². The number of hydrogen-bond donors (Lipinski definition) is 1. The number of nitrogens with one attached hydrogen (secondary N) is 1. The molecule has 1 unspecified atom stereocenters. The fourth-order valence-corrected chi connectivity index (χ4v) is 4.42. The van der Waals surface area contributed by atoms with E-state index in [1.54, 1.807) is 18.2 Å². The maximum absolute atomic E-state index is 12.4. The number of carbonyl (C=O) groups excluding carboxylic acids is 1. The summed E-state index contributed by atoms with van der Waals surface area (Å²) in [4.78, 5) is 12.4. The van der Waals surface area contributed by atoms with Crippen LogP contribution in [-0.2, 0) is 11.3 Å². The smallest absolute Gasteiger partial charge is 0.234 e. The topological polar surface area (TPSA) is 69.0 Å². The Hall–Kier alpha value is -2.22. The summed E-state index contributed by atoms with van der Waals surface area (Å²) in [7, 11) is 0. The van der Waals surface area contributed by atoms with E-state index in [1.165, 1.54) is 17.3 Å². The van der Waals surface area contributed by atoms with Gasteiger partial charge in [-0.15, -0.1) is 10.2 Å². The van der Waals surface area contributed by atoms with Gasteiger partial charge in [0.05, 0.1) is 21.5 Å². The molecule has 0 aliphatic carbocycles. The molecule has 1 heterocycles. The van der Waals surface area contributed by atoms with E-state index in [2.05, 4.69) is 41.5 Å².